The number of benzene rings is 2. The highest BCUT2D eigenvalue weighted by molar-refractivity contribution is 5.95. The summed E-state index contributed by atoms with van der Waals surface area (Å²) in [5.41, 5.74) is 2.15. The van der Waals surface area contributed by atoms with Crippen molar-refractivity contribution in [1.82, 2.24) is 10.2 Å². The second kappa shape index (κ2) is 9.43. The van der Waals surface area contributed by atoms with Gasteiger partial charge in [-0.05, 0) is 48.7 Å². The minimum atomic E-state index is -0.843. The van der Waals surface area contributed by atoms with Crippen molar-refractivity contribution in [2.45, 2.75) is 26.3 Å². The summed E-state index contributed by atoms with van der Waals surface area (Å²) in [7, 11) is 1.55. The van der Waals surface area contributed by atoms with Crippen LogP contribution in [0.4, 0.5) is 9.18 Å². The van der Waals surface area contributed by atoms with Crippen molar-refractivity contribution in [2.75, 3.05) is 20.3 Å². The first-order valence-electron chi connectivity index (χ1n) is 9.86. The molecule has 158 valence electrons. The van der Waals surface area contributed by atoms with E-state index < -0.39 is 23.9 Å². The Hall–Kier alpha value is -3.35. The zero-order valence-corrected chi connectivity index (χ0v) is 17.3. The van der Waals surface area contributed by atoms with Crippen LogP contribution in [0.1, 0.15) is 31.0 Å². The van der Waals surface area contributed by atoms with E-state index in [0.29, 0.717) is 17.0 Å². The number of carbonyl (C=O) groups excluding carboxylic acids is 2. The molecule has 1 N–H and O–H groups in total. The van der Waals surface area contributed by atoms with Gasteiger partial charge < -0.3 is 14.8 Å². The van der Waals surface area contributed by atoms with Gasteiger partial charge in [0.15, 0.2) is 0 Å². The molecule has 0 unspecified atom stereocenters. The molecule has 2 aromatic carbocycles. The summed E-state index contributed by atoms with van der Waals surface area (Å²) in [6.07, 6.45) is 0.859. The molecule has 1 aliphatic rings. The Morgan fingerprint density at radius 3 is 2.63 bits per heavy atom. The van der Waals surface area contributed by atoms with Gasteiger partial charge >= 0.3 is 12.0 Å². The topological polar surface area (TPSA) is 67.9 Å². The van der Waals surface area contributed by atoms with Crippen molar-refractivity contribution in [1.29, 1.82) is 0 Å². The molecule has 0 bridgehead atoms. The molecule has 0 radical (unpaired) electrons. The maximum absolute atomic E-state index is 13.8. The predicted octanol–water partition coefficient (Wildman–Crippen LogP) is 3.98. The number of amides is 2. The Morgan fingerprint density at radius 2 is 1.93 bits per heavy atom. The third-order valence-corrected chi connectivity index (χ3v) is 4.94. The SMILES string of the molecule is CCOC(=O)C1=C(COc2cccc(CC)c2)N(C)C(=O)N[C@H]1c1cccc(F)c1. The van der Waals surface area contributed by atoms with Crippen LogP contribution in [0.2, 0.25) is 0 Å². The zero-order chi connectivity index (χ0) is 21.7. The molecule has 30 heavy (non-hydrogen) atoms. The molecule has 0 aromatic heterocycles. The highest BCUT2D eigenvalue weighted by atomic mass is 19.1. The van der Waals surface area contributed by atoms with Gasteiger partial charge in [-0.2, -0.15) is 0 Å². The zero-order valence-electron chi connectivity index (χ0n) is 17.3. The van der Waals surface area contributed by atoms with Gasteiger partial charge in [0, 0.05) is 7.05 Å². The molecule has 1 atom stereocenters. The van der Waals surface area contributed by atoms with Crippen LogP contribution in [0.3, 0.4) is 0 Å². The summed E-state index contributed by atoms with van der Waals surface area (Å²) in [5, 5.41) is 2.75. The van der Waals surface area contributed by atoms with Crippen LogP contribution in [0.5, 0.6) is 5.75 Å². The normalized spacial score (nSPS) is 16.3. The summed E-state index contributed by atoms with van der Waals surface area (Å²) in [5.74, 6) is -0.413. The smallest absolute Gasteiger partial charge is 0.338 e. The van der Waals surface area contributed by atoms with Crippen molar-refractivity contribution in [2.24, 2.45) is 0 Å². The number of halogens is 1. The lowest BCUT2D eigenvalue weighted by Gasteiger charge is -2.34. The number of rotatable bonds is 7. The third-order valence-electron chi connectivity index (χ3n) is 4.94. The van der Waals surface area contributed by atoms with Gasteiger partial charge in [0.05, 0.1) is 23.9 Å². The van der Waals surface area contributed by atoms with Crippen LogP contribution in [0.25, 0.3) is 0 Å². The lowest BCUT2D eigenvalue weighted by Crippen LogP contribution is -2.48. The summed E-state index contributed by atoms with van der Waals surface area (Å²) < 4.78 is 25.0. The highest BCUT2D eigenvalue weighted by Crippen LogP contribution is 2.31. The van der Waals surface area contributed by atoms with E-state index in [-0.39, 0.29) is 18.8 Å². The Bertz CT molecular complexity index is 973. The van der Waals surface area contributed by atoms with Crippen molar-refractivity contribution >= 4 is 12.0 Å². The van der Waals surface area contributed by atoms with E-state index in [1.807, 2.05) is 31.2 Å². The molecule has 2 amide bonds. The van der Waals surface area contributed by atoms with Crippen molar-refractivity contribution in [3.8, 4) is 5.75 Å². The van der Waals surface area contributed by atoms with Crippen molar-refractivity contribution < 1.29 is 23.5 Å². The number of aryl methyl sites for hydroxylation is 1. The Labute approximate surface area is 175 Å². The summed E-state index contributed by atoms with van der Waals surface area (Å²) in [6, 6.07) is 12.1. The number of nitrogens with zero attached hydrogens (tertiary/aromatic N) is 1. The second-order valence-electron chi connectivity index (χ2n) is 6.87. The van der Waals surface area contributed by atoms with Gasteiger partial charge in [0.25, 0.3) is 0 Å². The largest absolute Gasteiger partial charge is 0.487 e. The van der Waals surface area contributed by atoms with Gasteiger partial charge in [-0.15, -0.1) is 0 Å². The number of hydrogen-bond donors (Lipinski definition) is 1. The molecule has 0 aliphatic carbocycles. The standard InChI is InChI=1S/C23H25FN2O4/c1-4-15-8-6-11-18(12-15)30-14-19-20(22(27)29-5-2)21(25-23(28)26(19)3)16-9-7-10-17(24)13-16/h6-13,21H,4-5,14H2,1-3H3,(H,25,28)/t21-/m0/s1. The molecule has 0 fully saturated rings. The Kier molecular flexibility index (Phi) is 6.72. The molecule has 0 saturated heterocycles. The van der Waals surface area contributed by atoms with Crippen LogP contribution in [-0.2, 0) is 16.0 Å². The monoisotopic (exact) mass is 412 g/mol. The fourth-order valence-electron chi connectivity index (χ4n) is 3.32. The van der Waals surface area contributed by atoms with Crippen molar-refractivity contribution in [3.63, 3.8) is 0 Å². The van der Waals surface area contributed by atoms with E-state index in [2.05, 4.69) is 5.32 Å². The highest BCUT2D eigenvalue weighted by Gasteiger charge is 2.37. The summed E-state index contributed by atoms with van der Waals surface area (Å²) in [4.78, 5) is 26.7. The minimum Gasteiger partial charge on any atom is -0.487 e. The molecule has 2 aromatic rings. The first kappa shape index (κ1) is 21.4. The second-order valence-corrected chi connectivity index (χ2v) is 6.87. The number of hydrogen-bond acceptors (Lipinski definition) is 4. The molecule has 1 aliphatic heterocycles. The summed E-state index contributed by atoms with van der Waals surface area (Å²) in [6.45, 7) is 3.90. The fraction of sp³-hybridized carbons (Fsp3) is 0.304. The van der Waals surface area contributed by atoms with E-state index in [1.54, 1.807) is 20.0 Å². The molecule has 6 nitrogen and oxygen atoms in total. The summed E-state index contributed by atoms with van der Waals surface area (Å²) >= 11 is 0. The molecular formula is C23H25FN2O4. The van der Waals surface area contributed by atoms with E-state index in [0.717, 1.165) is 12.0 Å². The number of ether oxygens (including phenoxy) is 2. The maximum atomic E-state index is 13.8. The Balaban J connectivity index is 2.02. The van der Waals surface area contributed by atoms with Gasteiger partial charge in [0.2, 0.25) is 0 Å². The maximum Gasteiger partial charge on any atom is 0.338 e. The van der Waals surface area contributed by atoms with Gasteiger partial charge in [0.1, 0.15) is 18.2 Å². The first-order valence-corrected chi connectivity index (χ1v) is 9.86. The van der Waals surface area contributed by atoms with Gasteiger partial charge in [-0.3, -0.25) is 4.90 Å². The molecule has 1 heterocycles. The third kappa shape index (κ3) is 4.62. The van der Waals surface area contributed by atoms with E-state index in [9.17, 15) is 14.0 Å². The molecule has 7 heteroatoms. The average molecular weight is 412 g/mol. The lowest BCUT2D eigenvalue weighted by atomic mass is 9.94. The van der Waals surface area contributed by atoms with Crippen LogP contribution in [0, 0.1) is 5.82 Å². The van der Waals surface area contributed by atoms with E-state index in [4.69, 9.17) is 9.47 Å². The molecule has 0 spiro atoms. The van der Waals surface area contributed by atoms with Crippen LogP contribution >= 0.6 is 0 Å². The first-order chi connectivity index (χ1) is 14.4. The molecule has 0 saturated carbocycles. The fourth-order valence-corrected chi connectivity index (χ4v) is 3.32. The number of likely N-dealkylation sites (N-methyl/N-ethyl adjacent to an activating group) is 1. The molecule has 3 rings (SSSR count). The van der Waals surface area contributed by atoms with Crippen molar-refractivity contribution in [3.05, 3.63) is 76.7 Å². The van der Waals surface area contributed by atoms with Gasteiger partial charge in [-0.25, -0.2) is 14.0 Å². The molecular weight excluding hydrogens is 387 g/mol. The van der Waals surface area contributed by atoms with E-state index in [1.165, 1.54) is 23.1 Å². The number of carbonyl (C=O) groups is 2. The average Bonchev–Trinajstić information content (AvgIpc) is 2.74. The number of urea groups is 1. The minimum absolute atomic E-state index is 0.0168. The van der Waals surface area contributed by atoms with Crippen LogP contribution in [0.15, 0.2) is 59.8 Å². The lowest BCUT2D eigenvalue weighted by molar-refractivity contribution is -0.139. The number of esters is 1. The van der Waals surface area contributed by atoms with Gasteiger partial charge in [-0.1, -0.05) is 31.2 Å². The van der Waals surface area contributed by atoms with E-state index >= 15 is 0 Å². The predicted molar refractivity (Wildman–Crippen MR) is 110 cm³/mol. The quantitative estimate of drug-likeness (QED) is 0.699. The number of nitrogens with one attached hydrogen (secondary N) is 1. The van der Waals surface area contributed by atoms with Crippen LogP contribution < -0.4 is 10.1 Å². The van der Waals surface area contributed by atoms with Crippen LogP contribution in [-0.4, -0.2) is 37.2 Å². The Morgan fingerprint density at radius 1 is 1.17 bits per heavy atom.